The van der Waals surface area contributed by atoms with Crippen molar-refractivity contribution in [2.75, 3.05) is 13.1 Å². The molecule has 1 rings (SSSR count). The van der Waals surface area contributed by atoms with Crippen LogP contribution in [0.15, 0.2) is 0 Å². The second-order valence-electron chi connectivity index (χ2n) is 1.04. The van der Waals surface area contributed by atoms with Crippen LogP contribution in [0, 0.1) is 0 Å². The van der Waals surface area contributed by atoms with E-state index < -0.39 is 0 Å². The molecule has 5 heavy (non-hydrogen) atoms. The minimum Gasteiger partial charge on any atom is -0.256 e. The summed E-state index contributed by atoms with van der Waals surface area (Å²) < 4.78 is 11.4. The van der Waals surface area contributed by atoms with E-state index in [0.717, 1.165) is 13.1 Å². The molecule has 0 radical (unpaired) electrons. The van der Waals surface area contributed by atoms with E-state index >= 15 is 0 Å². The van der Waals surface area contributed by atoms with Gasteiger partial charge in [0, 0.05) is 13.1 Å². The Morgan fingerprint density at radius 1 is 1.60 bits per heavy atom. The summed E-state index contributed by atoms with van der Waals surface area (Å²) in [6.45, 7) is 2.04. The highest BCUT2D eigenvalue weighted by molar-refractivity contribution is 7.21. The Hall–Kier alpha value is 0.0600. The first kappa shape index (κ1) is 3.26. The Kier molecular flexibility index (Phi) is 0.674. The number of nitrogens with zero attached hydrogens (tertiary/aromatic N) is 1. The highest BCUT2D eigenvalue weighted by Gasteiger charge is 2.15. The zero-order chi connectivity index (χ0) is 3.70. The minimum atomic E-state index is 0.191. The van der Waals surface area contributed by atoms with E-state index in [1.807, 2.05) is 0 Å². The normalized spacial score (nSPS) is 24.0. The van der Waals surface area contributed by atoms with Gasteiger partial charge in [0.1, 0.15) is 0 Å². The van der Waals surface area contributed by atoms with Crippen molar-refractivity contribution in [2.45, 2.75) is 0 Å². The molecule has 0 atom stereocenters. The maximum atomic E-state index is 9.59. The van der Waals surface area contributed by atoms with Gasteiger partial charge in [-0.15, -0.1) is 0 Å². The largest absolute Gasteiger partial charge is 0.256 e. The zero-order valence-electron chi connectivity index (χ0n) is 2.72. The maximum Gasteiger partial charge on any atom is 0.249 e. The molecule has 1 fully saturated rings. The molecule has 0 aromatic heterocycles. The Labute approximate surface area is 32.0 Å². The van der Waals surface area contributed by atoms with Crippen molar-refractivity contribution < 1.29 is 4.57 Å². The summed E-state index contributed by atoms with van der Waals surface area (Å²) in [6.07, 6.45) is 0. The van der Waals surface area contributed by atoms with E-state index in [-0.39, 0.29) is 8.61 Å². The lowest BCUT2D eigenvalue weighted by molar-refractivity contribution is 0.581. The van der Waals surface area contributed by atoms with Crippen molar-refractivity contribution in [1.29, 1.82) is 0 Å². The molecule has 0 aromatic carbocycles. The van der Waals surface area contributed by atoms with Crippen LogP contribution in [0.2, 0.25) is 0 Å². The number of hydrogen-bond acceptors (Lipinski definition) is 1. The Balaban J connectivity index is 2.21. The summed E-state index contributed by atoms with van der Waals surface area (Å²) in [7, 11) is 0.191. The minimum absolute atomic E-state index is 0.191. The molecule has 0 unspecified atom stereocenters. The summed E-state index contributed by atoms with van der Waals surface area (Å²) in [5.41, 5.74) is 0. The molecule has 1 heterocycles. The van der Waals surface area contributed by atoms with Crippen molar-refractivity contribution >= 4 is 8.61 Å². The summed E-state index contributed by atoms with van der Waals surface area (Å²) in [4.78, 5) is 0. The smallest absolute Gasteiger partial charge is 0.249 e. The molecular weight excluding hydrogens is 85.0 g/mol. The van der Waals surface area contributed by atoms with Gasteiger partial charge >= 0.3 is 0 Å². The highest BCUT2D eigenvalue weighted by atomic mass is 31.1. The van der Waals surface area contributed by atoms with Gasteiger partial charge in [0.25, 0.3) is 0 Å². The van der Waals surface area contributed by atoms with Crippen LogP contribution in [0.4, 0.5) is 0 Å². The third-order valence-corrected chi connectivity index (χ3v) is 1.17. The van der Waals surface area contributed by atoms with Gasteiger partial charge in [-0.25, -0.2) is 4.67 Å². The fraction of sp³-hybridized carbons (Fsp3) is 1.00. The van der Waals surface area contributed by atoms with Crippen LogP contribution in [0.25, 0.3) is 0 Å². The number of hydrogen-bond donors (Lipinski definition) is 0. The van der Waals surface area contributed by atoms with Crippen LogP contribution < -0.4 is 0 Å². The molecular formula is C2H4NOP. The number of rotatable bonds is 1. The Bertz CT molecular complexity index is 51.6. The Morgan fingerprint density at radius 2 is 2.20 bits per heavy atom. The van der Waals surface area contributed by atoms with E-state index in [9.17, 15) is 4.57 Å². The SMILES string of the molecule is O=PN1CC1. The third-order valence-electron chi connectivity index (χ3n) is 0.539. The van der Waals surface area contributed by atoms with E-state index in [0.29, 0.717) is 0 Å². The second kappa shape index (κ2) is 1.04. The van der Waals surface area contributed by atoms with Crippen LogP contribution in [-0.4, -0.2) is 17.8 Å². The molecule has 1 aliphatic rings. The lowest BCUT2D eigenvalue weighted by Crippen LogP contribution is -1.61. The first-order valence-corrected chi connectivity index (χ1v) is 2.28. The first-order valence-electron chi connectivity index (χ1n) is 1.52. The van der Waals surface area contributed by atoms with Gasteiger partial charge in [-0.1, -0.05) is 0 Å². The summed E-state index contributed by atoms with van der Waals surface area (Å²) >= 11 is 0. The van der Waals surface area contributed by atoms with Crippen LogP contribution in [0.5, 0.6) is 0 Å². The predicted molar refractivity (Wildman–Crippen MR) is 19.2 cm³/mol. The van der Waals surface area contributed by atoms with Crippen molar-refractivity contribution in [2.24, 2.45) is 0 Å². The molecule has 0 aliphatic carbocycles. The van der Waals surface area contributed by atoms with Crippen LogP contribution in [-0.2, 0) is 4.57 Å². The Morgan fingerprint density at radius 3 is 2.20 bits per heavy atom. The quantitative estimate of drug-likeness (QED) is 0.344. The van der Waals surface area contributed by atoms with Crippen molar-refractivity contribution in [3.63, 3.8) is 0 Å². The molecule has 1 aliphatic heterocycles. The molecule has 0 amide bonds. The van der Waals surface area contributed by atoms with E-state index in [4.69, 9.17) is 0 Å². The van der Waals surface area contributed by atoms with E-state index in [1.54, 1.807) is 4.67 Å². The van der Waals surface area contributed by atoms with E-state index in [1.165, 1.54) is 0 Å². The van der Waals surface area contributed by atoms with Crippen LogP contribution in [0.1, 0.15) is 0 Å². The zero-order valence-corrected chi connectivity index (χ0v) is 3.61. The van der Waals surface area contributed by atoms with Gasteiger partial charge in [0.05, 0.1) is 0 Å². The van der Waals surface area contributed by atoms with Crippen molar-refractivity contribution in [3.8, 4) is 0 Å². The third kappa shape index (κ3) is 0.673. The lowest BCUT2D eigenvalue weighted by atomic mass is 11.0. The summed E-state index contributed by atoms with van der Waals surface area (Å²) in [6, 6.07) is 0. The van der Waals surface area contributed by atoms with Crippen molar-refractivity contribution in [1.82, 2.24) is 4.67 Å². The van der Waals surface area contributed by atoms with Crippen molar-refractivity contribution in [3.05, 3.63) is 0 Å². The molecule has 0 aromatic rings. The molecule has 0 spiro atoms. The average Bonchev–Trinajstić information content (AvgIpc) is 2.12. The standard InChI is InChI=1S/C2H4NOP/c4-5-3-1-2-3/h1-2H2. The average molecular weight is 89.0 g/mol. The first-order chi connectivity index (χ1) is 2.43. The molecule has 0 N–H and O–H groups in total. The molecule has 1 saturated heterocycles. The van der Waals surface area contributed by atoms with Gasteiger partial charge in [-0.2, -0.15) is 0 Å². The van der Waals surface area contributed by atoms with Crippen LogP contribution in [0.3, 0.4) is 0 Å². The fourth-order valence-corrected chi connectivity index (χ4v) is 0.379. The molecule has 28 valence electrons. The molecule has 2 nitrogen and oxygen atoms in total. The van der Waals surface area contributed by atoms with Gasteiger partial charge in [0.2, 0.25) is 8.61 Å². The van der Waals surface area contributed by atoms with Gasteiger partial charge in [0.15, 0.2) is 0 Å². The monoisotopic (exact) mass is 89.0 g/mol. The molecule has 3 heteroatoms. The summed E-state index contributed by atoms with van der Waals surface area (Å²) in [5, 5.41) is 0. The molecule has 0 bridgehead atoms. The second-order valence-corrected chi connectivity index (χ2v) is 1.76. The topological polar surface area (TPSA) is 20.1 Å². The van der Waals surface area contributed by atoms with Gasteiger partial charge < -0.3 is 0 Å². The van der Waals surface area contributed by atoms with Crippen LogP contribution >= 0.6 is 8.61 Å². The fourth-order valence-electron chi connectivity index (χ4n) is 0.126. The van der Waals surface area contributed by atoms with Gasteiger partial charge in [-0.05, 0) is 0 Å². The lowest BCUT2D eigenvalue weighted by Gasteiger charge is -1.63. The molecule has 0 saturated carbocycles. The van der Waals surface area contributed by atoms with Gasteiger partial charge in [-0.3, -0.25) is 4.57 Å². The maximum absolute atomic E-state index is 9.59. The van der Waals surface area contributed by atoms with E-state index in [2.05, 4.69) is 0 Å². The predicted octanol–water partition coefficient (Wildman–Crippen LogP) is 0.509. The summed E-state index contributed by atoms with van der Waals surface area (Å²) in [5.74, 6) is 0. The highest BCUT2D eigenvalue weighted by Crippen LogP contribution is 2.13.